The van der Waals surface area contributed by atoms with Gasteiger partial charge >= 0.3 is 0 Å². The third-order valence-corrected chi connectivity index (χ3v) is 8.91. The van der Waals surface area contributed by atoms with Crippen LogP contribution in [0.2, 0.25) is 0 Å². The molecule has 1 aliphatic rings. The first-order valence-corrected chi connectivity index (χ1v) is 15.9. The number of carbonyl (C=O) groups excluding carboxylic acids is 1. The van der Waals surface area contributed by atoms with Gasteiger partial charge in [0.25, 0.3) is 17.9 Å². The van der Waals surface area contributed by atoms with E-state index >= 15 is 0 Å². The molecule has 232 valence electrons. The Morgan fingerprint density at radius 3 is 2.61 bits per heavy atom. The van der Waals surface area contributed by atoms with Crippen molar-refractivity contribution in [2.45, 2.75) is 59.8 Å². The predicted octanol–water partition coefficient (Wildman–Crippen LogP) is 7.60. The molecule has 5 rings (SSSR count). The van der Waals surface area contributed by atoms with Crippen molar-refractivity contribution in [2.75, 3.05) is 20.2 Å². The molecule has 0 N–H and O–H groups in total. The van der Waals surface area contributed by atoms with Crippen molar-refractivity contribution in [2.24, 2.45) is 11.8 Å². The number of amides is 1. The normalized spacial score (nSPS) is 15.3. The molecule has 0 saturated carbocycles. The summed E-state index contributed by atoms with van der Waals surface area (Å²) in [5.41, 5.74) is 3.59. The minimum absolute atomic E-state index is 0.0910. The van der Waals surface area contributed by atoms with Crippen molar-refractivity contribution in [3.63, 3.8) is 0 Å². The van der Waals surface area contributed by atoms with Crippen LogP contribution in [0.4, 0.5) is 8.78 Å². The number of rotatable bonds is 9. The second-order valence-electron chi connectivity index (χ2n) is 11.8. The molecule has 0 spiro atoms. The van der Waals surface area contributed by atoms with E-state index in [-0.39, 0.29) is 23.1 Å². The van der Waals surface area contributed by atoms with E-state index in [0.717, 1.165) is 18.4 Å². The van der Waals surface area contributed by atoms with E-state index in [2.05, 4.69) is 25.8 Å². The Labute approximate surface area is 260 Å². The number of piperidine rings is 1. The molecule has 0 radical (unpaired) electrons. The van der Waals surface area contributed by atoms with Crippen LogP contribution in [0.1, 0.15) is 74.3 Å². The van der Waals surface area contributed by atoms with Crippen LogP contribution in [0.15, 0.2) is 52.8 Å². The van der Waals surface area contributed by atoms with Crippen LogP contribution in [0, 0.1) is 11.8 Å². The summed E-state index contributed by atoms with van der Waals surface area (Å²) < 4.78 is 33.4. The maximum Gasteiger partial charge on any atom is 0.280 e. The summed E-state index contributed by atoms with van der Waals surface area (Å²) in [6.45, 7) is 9.67. The zero-order chi connectivity index (χ0) is 31.5. The summed E-state index contributed by atoms with van der Waals surface area (Å²) in [7, 11) is 1.59. The van der Waals surface area contributed by atoms with Crippen molar-refractivity contribution in [3.05, 3.63) is 80.8 Å². The lowest BCUT2D eigenvalue weighted by Crippen LogP contribution is -2.40. The number of thiazole rings is 1. The van der Waals surface area contributed by atoms with Crippen LogP contribution in [0.5, 0.6) is 5.75 Å². The lowest BCUT2D eigenvalue weighted by Gasteiger charge is -2.32. The number of nitrogens with zero attached hydrogens (tertiary/aromatic N) is 4. The van der Waals surface area contributed by atoms with Crippen LogP contribution in [0.3, 0.4) is 0 Å². The van der Waals surface area contributed by atoms with E-state index in [9.17, 15) is 18.4 Å². The number of aryl methyl sites for hydroxylation is 1. The van der Waals surface area contributed by atoms with E-state index in [0.29, 0.717) is 76.4 Å². The molecule has 1 saturated heterocycles. The average Bonchev–Trinajstić information content (AvgIpc) is 3.50. The quantitative estimate of drug-likeness (QED) is 0.193. The molecule has 10 heteroatoms. The summed E-state index contributed by atoms with van der Waals surface area (Å²) in [6.07, 6.45) is 1.90. The molecule has 1 atom stereocenters. The fourth-order valence-electron chi connectivity index (χ4n) is 5.77. The van der Waals surface area contributed by atoms with E-state index in [1.54, 1.807) is 29.2 Å². The van der Waals surface area contributed by atoms with Gasteiger partial charge in [-0.3, -0.25) is 19.1 Å². The zero-order valence-corrected chi connectivity index (χ0v) is 26.6. The highest BCUT2D eigenvalue weighted by molar-refractivity contribution is 7.13. The van der Waals surface area contributed by atoms with Gasteiger partial charge in [0, 0.05) is 42.0 Å². The number of pyridine rings is 2. The number of likely N-dealkylation sites (tertiary alicyclic amines) is 1. The average molecular weight is 621 g/mol. The molecule has 7 nitrogen and oxygen atoms in total. The Kier molecular flexibility index (Phi) is 9.58. The second-order valence-corrected chi connectivity index (χ2v) is 12.7. The number of ether oxygens (including phenoxy) is 1. The standard InChI is InChI=1S/C34H38F2N4O3S/c1-6-22-9-11-24(43-5)15-29(22)40-30(14-20(2)3)25(33(41)39-13-7-8-21(4)18-39)16-26(34(40)42)32-38-28(19-44-32)23-10-12-27(31(35)36)37-17-23/h9-12,15-17,19-21,31H,6-8,13-14,18H2,1-5H3/t21-/m1/s1. The number of methoxy groups -OCH3 is 1. The van der Waals surface area contributed by atoms with E-state index in [1.807, 2.05) is 30.0 Å². The van der Waals surface area contributed by atoms with Crippen molar-refractivity contribution in [1.82, 2.24) is 19.4 Å². The molecule has 4 aromatic rings. The second kappa shape index (κ2) is 13.4. The highest BCUT2D eigenvalue weighted by Crippen LogP contribution is 2.32. The first-order chi connectivity index (χ1) is 21.1. The van der Waals surface area contributed by atoms with E-state index in [4.69, 9.17) is 9.72 Å². The summed E-state index contributed by atoms with van der Waals surface area (Å²) in [6, 6.07) is 10.2. The highest BCUT2D eigenvalue weighted by atomic mass is 32.1. The van der Waals surface area contributed by atoms with Crippen LogP contribution in [-0.2, 0) is 12.8 Å². The first-order valence-electron chi connectivity index (χ1n) is 15.1. The molecule has 4 heterocycles. The van der Waals surface area contributed by atoms with Crippen LogP contribution in [-0.4, -0.2) is 45.5 Å². The summed E-state index contributed by atoms with van der Waals surface area (Å²) >= 11 is 1.27. The van der Waals surface area contributed by atoms with E-state index < -0.39 is 6.43 Å². The number of aromatic nitrogens is 3. The largest absolute Gasteiger partial charge is 0.497 e. The lowest BCUT2D eigenvalue weighted by molar-refractivity contribution is 0.0680. The molecular formula is C34H38F2N4O3S. The van der Waals surface area contributed by atoms with Gasteiger partial charge in [-0.15, -0.1) is 11.3 Å². The van der Waals surface area contributed by atoms with Crippen molar-refractivity contribution in [1.29, 1.82) is 0 Å². The van der Waals surface area contributed by atoms with Crippen LogP contribution in [0.25, 0.3) is 27.5 Å². The highest BCUT2D eigenvalue weighted by Gasteiger charge is 2.29. The first kappa shape index (κ1) is 31.5. The number of hydrogen-bond acceptors (Lipinski definition) is 6. The lowest BCUT2D eigenvalue weighted by atomic mass is 9.96. The topological polar surface area (TPSA) is 77.3 Å². The fraction of sp³-hybridized carbons (Fsp3) is 0.412. The number of halogens is 2. The van der Waals surface area contributed by atoms with Gasteiger partial charge in [0.2, 0.25) is 0 Å². The fourth-order valence-corrected chi connectivity index (χ4v) is 6.61. The van der Waals surface area contributed by atoms with Gasteiger partial charge in [-0.25, -0.2) is 13.8 Å². The van der Waals surface area contributed by atoms with Gasteiger partial charge in [0.05, 0.1) is 29.6 Å². The van der Waals surface area contributed by atoms with Gasteiger partial charge in [-0.1, -0.05) is 33.8 Å². The number of alkyl halides is 2. The molecule has 0 unspecified atom stereocenters. The van der Waals surface area contributed by atoms with E-state index in [1.165, 1.54) is 23.6 Å². The minimum Gasteiger partial charge on any atom is -0.497 e. The van der Waals surface area contributed by atoms with Gasteiger partial charge < -0.3 is 9.64 Å². The van der Waals surface area contributed by atoms with Gasteiger partial charge in [0.1, 0.15) is 16.5 Å². The van der Waals surface area contributed by atoms with Crippen molar-refractivity contribution >= 4 is 17.2 Å². The van der Waals surface area contributed by atoms with Crippen molar-refractivity contribution in [3.8, 4) is 33.3 Å². The summed E-state index contributed by atoms with van der Waals surface area (Å²) in [5.74, 6) is 1.08. The number of benzene rings is 1. The maximum absolute atomic E-state index is 14.6. The molecule has 0 bridgehead atoms. The summed E-state index contributed by atoms with van der Waals surface area (Å²) in [5, 5.41) is 2.21. The molecule has 0 aliphatic carbocycles. The molecule has 44 heavy (non-hydrogen) atoms. The Morgan fingerprint density at radius 2 is 1.98 bits per heavy atom. The Morgan fingerprint density at radius 1 is 1.18 bits per heavy atom. The number of carbonyl (C=O) groups is 1. The van der Waals surface area contributed by atoms with Gasteiger partial charge in [-0.05, 0) is 67.3 Å². The van der Waals surface area contributed by atoms with Crippen LogP contribution >= 0.6 is 11.3 Å². The third kappa shape index (κ3) is 6.45. The zero-order valence-electron chi connectivity index (χ0n) is 25.8. The summed E-state index contributed by atoms with van der Waals surface area (Å²) in [4.78, 5) is 39.4. The predicted molar refractivity (Wildman–Crippen MR) is 170 cm³/mol. The van der Waals surface area contributed by atoms with Crippen molar-refractivity contribution < 1.29 is 18.3 Å². The van der Waals surface area contributed by atoms with Gasteiger partial charge in [0.15, 0.2) is 0 Å². The Balaban J connectivity index is 1.75. The minimum atomic E-state index is -2.67. The Bertz CT molecular complexity index is 1700. The SMILES string of the molecule is CCc1ccc(OC)cc1-n1c(CC(C)C)c(C(=O)N2CCC[C@@H](C)C2)cc(-c2nc(-c3ccc(C(F)F)nc3)cs2)c1=O. The number of hydrogen-bond donors (Lipinski definition) is 0. The maximum atomic E-state index is 14.6. The Hall–Kier alpha value is -3.92. The molecule has 1 fully saturated rings. The molecule has 1 aromatic carbocycles. The molecular weight excluding hydrogens is 582 g/mol. The molecule has 1 amide bonds. The molecule has 1 aliphatic heterocycles. The van der Waals surface area contributed by atoms with Crippen LogP contribution < -0.4 is 10.3 Å². The smallest absolute Gasteiger partial charge is 0.280 e. The third-order valence-electron chi connectivity index (χ3n) is 8.03. The monoisotopic (exact) mass is 620 g/mol. The molecule has 3 aromatic heterocycles. The van der Waals surface area contributed by atoms with Gasteiger partial charge in [-0.2, -0.15) is 0 Å².